The molecule has 7 heteroatoms. The van der Waals surface area contributed by atoms with Crippen molar-refractivity contribution in [3.05, 3.63) is 29.6 Å². The van der Waals surface area contributed by atoms with Gasteiger partial charge in [-0.15, -0.1) is 0 Å². The molecule has 1 aliphatic heterocycles. The molecule has 2 N–H and O–H groups in total. The Morgan fingerprint density at radius 3 is 2.68 bits per heavy atom. The maximum Gasteiger partial charge on any atom is 0.243 e. The van der Waals surface area contributed by atoms with E-state index in [0.717, 1.165) is 18.4 Å². The number of ether oxygens (including phenoxy) is 1. The predicted molar refractivity (Wildman–Crippen MR) is 108 cm³/mol. The number of aliphatic imine (C=N–C) groups is 1. The number of carbonyl (C=O) groups is 1. The molecule has 1 aliphatic carbocycles. The minimum Gasteiger partial charge on any atom is -0.487 e. The van der Waals surface area contributed by atoms with Crippen LogP contribution in [0.4, 0.5) is 4.39 Å². The van der Waals surface area contributed by atoms with Crippen LogP contribution >= 0.6 is 0 Å². The van der Waals surface area contributed by atoms with Crippen molar-refractivity contribution in [1.82, 2.24) is 15.5 Å². The first-order valence-electron chi connectivity index (χ1n) is 10.00. The summed E-state index contributed by atoms with van der Waals surface area (Å²) in [6.45, 7) is 4.07. The second kappa shape index (κ2) is 8.37. The van der Waals surface area contributed by atoms with Crippen molar-refractivity contribution in [3.63, 3.8) is 0 Å². The van der Waals surface area contributed by atoms with Gasteiger partial charge in [-0.05, 0) is 32.8 Å². The van der Waals surface area contributed by atoms with Gasteiger partial charge in [0.1, 0.15) is 23.7 Å². The smallest absolute Gasteiger partial charge is 0.243 e. The number of likely N-dealkylation sites (N-methyl/N-ethyl adjacent to an activating group) is 1. The van der Waals surface area contributed by atoms with Crippen LogP contribution in [0.3, 0.4) is 0 Å². The van der Waals surface area contributed by atoms with E-state index in [2.05, 4.69) is 15.6 Å². The number of nitrogens with one attached hydrogen (secondary N) is 2. The fraction of sp³-hybridized carbons (Fsp3) is 0.619. The molecule has 6 nitrogen and oxygen atoms in total. The number of benzene rings is 1. The minimum atomic E-state index is -0.434. The van der Waals surface area contributed by atoms with Gasteiger partial charge in [-0.1, -0.05) is 18.9 Å². The molecule has 3 rings (SSSR count). The van der Waals surface area contributed by atoms with Crippen LogP contribution in [0.1, 0.15) is 57.6 Å². The number of hydrogen-bond acceptors (Lipinski definition) is 3. The van der Waals surface area contributed by atoms with Crippen LogP contribution in [0, 0.1) is 5.82 Å². The van der Waals surface area contributed by atoms with Gasteiger partial charge in [-0.25, -0.2) is 9.38 Å². The normalized spacial score (nSPS) is 21.6. The van der Waals surface area contributed by atoms with Crippen LogP contribution in [0.25, 0.3) is 0 Å². The molecule has 0 aromatic heterocycles. The number of nitrogens with zero attached hydrogens (tertiary/aromatic N) is 2. The van der Waals surface area contributed by atoms with Crippen molar-refractivity contribution in [2.75, 3.05) is 20.6 Å². The molecule has 1 aromatic rings. The van der Waals surface area contributed by atoms with Crippen molar-refractivity contribution in [2.45, 2.75) is 63.6 Å². The van der Waals surface area contributed by atoms with Crippen molar-refractivity contribution < 1.29 is 13.9 Å². The summed E-state index contributed by atoms with van der Waals surface area (Å²) in [6.07, 6.45) is 5.31. The van der Waals surface area contributed by atoms with E-state index in [1.165, 1.54) is 29.9 Å². The van der Waals surface area contributed by atoms with Crippen molar-refractivity contribution >= 4 is 11.9 Å². The number of amides is 1. The lowest BCUT2D eigenvalue weighted by Gasteiger charge is -2.38. The van der Waals surface area contributed by atoms with E-state index < -0.39 is 5.60 Å². The number of hydrogen-bond donors (Lipinski definition) is 2. The van der Waals surface area contributed by atoms with E-state index in [1.54, 1.807) is 20.2 Å². The van der Waals surface area contributed by atoms with Crippen molar-refractivity contribution in [3.8, 4) is 5.75 Å². The molecule has 0 saturated heterocycles. The van der Waals surface area contributed by atoms with E-state index in [1.807, 2.05) is 13.8 Å². The molecule has 1 unspecified atom stereocenters. The predicted octanol–water partition coefficient (Wildman–Crippen LogP) is 2.99. The zero-order valence-corrected chi connectivity index (χ0v) is 17.2. The average molecular weight is 391 g/mol. The van der Waals surface area contributed by atoms with E-state index in [0.29, 0.717) is 24.2 Å². The molecule has 1 aromatic carbocycles. The molecular weight excluding hydrogens is 359 g/mol. The summed E-state index contributed by atoms with van der Waals surface area (Å²) in [5.74, 6) is 0.811. The van der Waals surface area contributed by atoms with Gasteiger partial charge < -0.3 is 20.3 Å². The number of rotatable bonds is 4. The number of fused-ring (bicyclic) bond motifs is 1. The van der Waals surface area contributed by atoms with Gasteiger partial charge in [0, 0.05) is 38.2 Å². The molecule has 28 heavy (non-hydrogen) atoms. The van der Waals surface area contributed by atoms with Crippen LogP contribution in [-0.2, 0) is 4.79 Å². The quantitative estimate of drug-likeness (QED) is 0.613. The number of carbonyl (C=O) groups excluding carboxylic acids is 1. The largest absolute Gasteiger partial charge is 0.487 e. The maximum absolute atomic E-state index is 13.7. The zero-order valence-electron chi connectivity index (χ0n) is 17.2. The average Bonchev–Trinajstić information content (AvgIpc) is 3.10. The monoisotopic (exact) mass is 390 g/mol. The molecule has 1 fully saturated rings. The second-order valence-corrected chi connectivity index (χ2v) is 8.52. The maximum atomic E-state index is 13.7. The van der Waals surface area contributed by atoms with E-state index in [-0.39, 0.29) is 24.3 Å². The summed E-state index contributed by atoms with van der Waals surface area (Å²) in [4.78, 5) is 18.1. The highest BCUT2D eigenvalue weighted by molar-refractivity contribution is 5.85. The van der Waals surface area contributed by atoms with Gasteiger partial charge in [-0.2, -0.15) is 0 Å². The highest BCUT2D eigenvalue weighted by Crippen LogP contribution is 2.39. The molecule has 0 spiro atoms. The van der Waals surface area contributed by atoms with Crippen LogP contribution in [0.2, 0.25) is 0 Å². The van der Waals surface area contributed by atoms with Crippen molar-refractivity contribution in [2.24, 2.45) is 4.99 Å². The highest BCUT2D eigenvalue weighted by atomic mass is 19.1. The molecule has 154 valence electrons. The summed E-state index contributed by atoms with van der Waals surface area (Å²) in [6, 6.07) is 4.92. The fourth-order valence-electron chi connectivity index (χ4n) is 3.80. The topological polar surface area (TPSA) is 66.0 Å². The Labute approximate surface area is 166 Å². The molecule has 1 heterocycles. The number of guanidine groups is 1. The Balaban J connectivity index is 1.82. The van der Waals surface area contributed by atoms with Gasteiger partial charge >= 0.3 is 0 Å². The lowest BCUT2D eigenvalue weighted by molar-refractivity contribution is -0.127. The van der Waals surface area contributed by atoms with Gasteiger partial charge in [0.2, 0.25) is 5.91 Å². The standard InChI is InChI=1S/C21H31FN4O2/c1-21(2)12-17(16-10-9-14(22)11-18(16)28-21)25-20(23-13-19(27)26(3)4)24-15-7-5-6-8-15/h9-11,15,17H,5-8,12-13H2,1-4H3,(H2,23,24,25). The molecule has 1 atom stereocenters. The van der Waals surface area contributed by atoms with Crippen LogP contribution < -0.4 is 15.4 Å². The van der Waals surface area contributed by atoms with E-state index in [4.69, 9.17) is 4.74 Å². The summed E-state index contributed by atoms with van der Waals surface area (Å²) >= 11 is 0. The van der Waals surface area contributed by atoms with Gasteiger partial charge in [0.25, 0.3) is 0 Å². The third-order valence-electron chi connectivity index (χ3n) is 5.31. The van der Waals surface area contributed by atoms with E-state index in [9.17, 15) is 9.18 Å². The molecule has 2 aliphatic rings. The Morgan fingerprint density at radius 1 is 1.29 bits per heavy atom. The Hall–Kier alpha value is -2.31. The summed E-state index contributed by atoms with van der Waals surface area (Å²) < 4.78 is 19.7. The molecular formula is C21H31FN4O2. The summed E-state index contributed by atoms with van der Waals surface area (Å²) in [7, 11) is 3.45. The summed E-state index contributed by atoms with van der Waals surface area (Å²) in [5, 5.41) is 6.95. The Morgan fingerprint density at radius 2 is 2.00 bits per heavy atom. The zero-order chi connectivity index (χ0) is 20.3. The van der Waals surface area contributed by atoms with Gasteiger partial charge in [0.05, 0.1) is 6.04 Å². The number of halogens is 1. The SMILES string of the molecule is CN(C)C(=O)CN=C(NC1CCCC1)NC1CC(C)(C)Oc2cc(F)ccc21. The molecule has 1 amide bonds. The third-order valence-corrected chi connectivity index (χ3v) is 5.31. The molecule has 0 radical (unpaired) electrons. The first kappa shape index (κ1) is 20.4. The first-order chi connectivity index (χ1) is 13.2. The van der Waals surface area contributed by atoms with Gasteiger partial charge in [-0.3, -0.25) is 4.79 Å². The lowest BCUT2D eigenvalue weighted by atomic mass is 9.89. The highest BCUT2D eigenvalue weighted by Gasteiger charge is 2.34. The third kappa shape index (κ3) is 5.14. The van der Waals surface area contributed by atoms with E-state index >= 15 is 0 Å². The van der Waals surface area contributed by atoms with Crippen LogP contribution in [0.15, 0.2) is 23.2 Å². The molecule has 0 bridgehead atoms. The fourth-order valence-corrected chi connectivity index (χ4v) is 3.80. The second-order valence-electron chi connectivity index (χ2n) is 8.52. The van der Waals surface area contributed by atoms with Gasteiger partial charge in [0.15, 0.2) is 5.96 Å². The Bertz CT molecular complexity index is 742. The first-order valence-corrected chi connectivity index (χ1v) is 10.00. The van der Waals surface area contributed by atoms with Crippen LogP contribution in [0.5, 0.6) is 5.75 Å². The Kier molecular flexibility index (Phi) is 6.10. The van der Waals surface area contributed by atoms with Crippen molar-refractivity contribution in [1.29, 1.82) is 0 Å². The lowest BCUT2D eigenvalue weighted by Crippen LogP contribution is -2.48. The van der Waals surface area contributed by atoms with Crippen LogP contribution in [-0.4, -0.2) is 49.0 Å². The minimum absolute atomic E-state index is 0.0534. The summed E-state index contributed by atoms with van der Waals surface area (Å²) in [5.41, 5.74) is 0.469. The molecule has 1 saturated carbocycles.